The number of halogens is 1. The van der Waals surface area contributed by atoms with Crippen LogP contribution >= 0.6 is 0 Å². The second-order valence-electron chi connectivity index (χ2n) is 7.51. The van der Waals surface area contributed by atoms with Crippen LogP contribution in [0.4, 0.5) is 4.39 Å². The third-order valence-corrected chi connectivity index (χ3v) is 5.61. The van der Waals surface area contributed by atoms with Crippen LogP contribution in [0.15, 0.2) is 71.5 Å². The minimum Gasteiger partial charge on any atom is -0.497 e. The standard InChI is InChI=1S/C26H24FNO3/c1-17-22(13-18-7-5-4-6-8-18)26(29)28(16-19-9-11-20(27)12-10-19)23-14-21(30-2)15-24(31-3)25(17)23/h4-12,14-15H,13,16H2,1-3H3. The van der Waals surface area contributed by atoms with Gasteiger partial charge in [0.1, 0.15) is 17.3 Å². The minimum atomic E-state index is -0.307. The Bertz CT molecular complexity index is 1280. The number of nitrogens with zero attached hydrogens (tertiary/aromatic N) is 1. The quantitative estimate of drug-likeness (QED) is 0.438. The molecule has 0 aliphatic carbocycles. The van der Waals surface area contributed by atoms with Gasteiger partial charge >= 0.3 is 0 Å². The van der Waals surface area contributed by atoms with Gasteiger partial charge in [0.25, 0.3) is 5.56 Å². The van der Waals surface area contributed by atoms with Gasteiger partial charge in [-0.15, -0.1) is 0 Å². The van der Waals surface area contributed by atoms with Crippen LogP contribution in [-0.4, -0.2) is 18.8 Å². The lowest BCUT2D eigenvalue weighted by Crippen LogP contribution is -2.26. The lowest BCUT2D eigenvalue weighted by molar-refractivity contribution is 0.397. The van der Waals surface area contributed by atoms with Crippen molar-refractivity contribution in [3.05, 3.63) is 105 Å². The minimum absolute atomic E-state index is 0.0755. The summed E-state index contributed by atoms with van der Waals surface area (Å²) < 4.78 is 26.3. The van der Waals surface area contributed by atoms with Gasteiger partial charge < -0.3 is 14.0 Å². The fourth-order valence-corrected chi connectivity index (χ4v) is 3.97. The van der Waals surface area contributed by atoms with Gasteiger partial charge in [0.05, 0.1) is 26.3 Å². The zero-order valence-electron chi connectivity index (χ0n) is 17.8. The lowest BCUT2D eigenvalue weighted by Gasteiger charge is -2.19. The highest BCUT2D eigenvalue weighted by molar-refractivity contribution is 5.91. The molecule has 0 aliphatic heterocycles. The molecular formula is C26H24FNO3. The van der Waals surface area contributed by atoms with Crippen molar-refractivity contribution in [2.75, 3.05) is 14.2 Å². The van der Waals surface area contributed by atoms with Gasteiger partial charge in [-0.05, 0) is 35.7 Å². The Hall–Kier alpha value is -3.60. The molecule has 3 aromatic carbocycles. The smallest absolute Gasteiger partial charge is 0.255 e. The number of fused-ring (bicyclic) bond motifs is 1. The maximum atomic E-state index is 13.7. The first kappa shape index (κ1) is 20.7. The Morgan fingerprint density at radius 1 is 0.903 bits per heavy atom. The summed E-state index contributed by atoms with van der Waals surface area (Å²) in [5.74, 6) is 0.943. The van der Waals surface area contributed by atoms with Crippen molar-refractivity contribution in [2.24, 2.45) is 0 Å². The molecule has 1 aromatic heterocycles. The molecule has 0 atom stereocenters. The highest BCUT2D eigenvalue weighted by Gasteiger charge is 2.19. The number of rotatable bonds is 6. The summed E-state index contributed by atoms with van der Waals surface area (Å²) in [6, 6.07) is 19.8. The van der Waals surface area contributed by atoms with Gasteiger partial charge in [-0.2, -0.15) is 0 Å². The van der Waals surface area contributed by atoms with E-state index in [9.17, 15) is 9.18 Å². The molecule has 0 aliphatic rings. The van der Waals surface area contributed by atoms with Gasteiger partial charge in [0.2, 0.25) is 0 Å². The predicted molar refractivity (Wildman–Crippen MR) is 121 cm³/mol. The van der Waals surface area contributed by atoms with Crippen molar-refractivity contribution in [3.8, 4) is 11.5 Å². The van der Waals surface area contributed by atoms with Gasteiger partial charge in [-0.25, -0.2) is 4.39 Å². The number of benzene rings is 3. The maximum absolute atomic E-state index is 13.7. The highest BCUT2D eigenvalue weighted by Crippen LogP contribution is 2.34. The van der Waals surface area contributed by atoms with Crippen LogP contribution in [0.3, 0.4) is 0 Å². The van der Waals surface area contributed by atoms with E-state index in [1.807, 2.05) is 49.4 Å². The molecule has 0 saturated heterocycles. The summed E-state index contributed by atoms with van der Waals surface area (Å²) in [5, 5.41) is 0.871. The molecule has 4 rings (SSSR count). The number of methoxy groups -OCH3 is 2. The number of hydrogen-bond donors (Lipinski definition) is 0. The zero-order chi connectivity index (χ0) is 22.0. The molecule has 0 amide bonds. The summed E-state index contributed by atoms with van der Waals surface area (Å²) in [6.07, 6.45) is 0.514. The predicted octanol–water partition coefficient (Wildman–Crippen LogP) is 5.11. The van der Waals surface area contributed by atoms with Gasteiger partial charge in [-0.1, -0.05) is 42.5 Å². The Kier molecular flexibility index (Phi) is 5.76. The van der Waals surface area contributed by atoms with E-state index in [1.54, 1.807) is 30.9 Å². The summed E-state index contributed by atoms with van der Waals surface area (Å²) in [6.45, 7) is 2.27. The third kappa shape index (κ3) is 4.04. The van der Waals surface area contributed by atoms with Crippen LogP contribution < -0.4 is 15.0 Å². The summed E-state index contributed by atoms with van der Waals surface area (Å²) in [5.41, 5.74) is 4.14. The molecular weight excluding hydrogens is 393 g/mol. The van der Waals surface area contributed by atoms with E-state index in [2.05, 4.69) is 0 Å². The van der Waals surface area contributed by atoms with Crippen LogP contribution in [0.1, 0.15) is 22.3 Å². The van der Waals surface area contributed by atoms with Crippen molar-refractivity contribution in [2.45, 2.75) is 19.9 Å². The summed E-state index contributed by atoms with van der Waals surface area (Å²) >= 11 is 0. The molecule has 5 heteroatoms. The van der Waals surface area contributed by atoms with Gasteiger partial charge in [0.15, 0.2) is 0 Å². The van der Waals surface area contributed by atoms with Crippen molar-refractivity contribution in [3.63, 3.8) is 0 Å². The topological polar surface area (TPSA) is 40.5 Å². The van der Waals surface area contributed by atoms with Crippen molar-refractivity contribution < 1.29 is 13.9 Å². The largest absolute Gasteiger partial charge is 0.497 e. The number of pyridine rings is 1. The molecule has 0 spiro atoms. The molecule has 0 fully saturated rings. The average molecular weight is 417 g/mol. The summed E-state index contributed by atoms with van der Waals surface area (Å²) in [4.78, 5) is 13.7. The van der Waals surface area contributed by atoms with Crippen LogP contribution in [0.2, 0.25) is 0 Å². The van der Waals surface area contributed by atoms with E-state index in [1.165, 1.54) is 12.1 Å². The van der Waals surface area contributed by atoms with Crippen molar-refractivity contribution >= 4 is 10.9 Å². The van der Waals surface area contributed by atoms with E-state index in [-0.39, 0.29) is 11.4 Å². The number of aryl methyl sites for hydroxylation is 1. The van der Waals surface area contributed by atoms with Crippen LogP contribution in [0.25, 0.3) is 10.9 Å². The normalized spacial score (nSPS) is 11.0. The first-order valence-electron chi connectivity index (χ1n) is 10.1. The lowest BCUT2D eigenvalue weighted by atomic mass is 9.97. The Labute approximate surface area is 180 Å². The molecule has 1 heterocycles. The molecule has 0 radical (unpaired) electrons. The Balaban J connectivity index is 1.99. The molecule has 158 valence electrons. The molecule has 4 nitrogen and oxygen atoms in total. The Morgan fingerprint density at radius 3 is 2.26 bits per heavy atom. The molecule has 31 heavy (non-hydrogen) atoms. The molecule has 0 N–H and O–H groups in total. The number of hydrogen-bond acceptors (Lipinski definition) is 3. The summed E-state index contributed by atoms with van der Waals surface area (Å²) in [7, 11) is 3.19. The van der Waals surface area contributed by atoms with E-state index >= 15 is 0 Å². The SMILES string of the molecule is COc1cc(OC)c2c(C)c(Cc3ccccc3)c(=O)n(Cc3ccc(F)cc3)c2c1. The van der Waals surface area contributed by atoms with E-state index in [0.29, 0.717) is 30.0 Å². The highest BCUT2D eigenvalue weighted by atomic mass is 19.1. The van der Waals surface area contributed by atoms with E-state index in [4.69, 9.17) is 9.47 Å². The molecule has 0 bridgehead atoms. The molecule has 0 saturated carbocycles. The monoisotopic (exact) mass is 417 g/mol. The van der Waals surface area contributed by atoms with Crippen LogP contribution in [-0.2, 0) is 13.0 Å². The van der Waals surface area contributed by atoms with E-state index in [0.717, 1.165) is 27.6 Å². The van der Waals surface area contributed by atoms with Crippen molar-refractivity contribution in [1.82, 2.24) is 4.57 Å². The first-order chi connectivity index (χ1) is 15.0. The maximum Gasteiger partial charge on any atom is 0.255 e. The fourth-order valence-electron chi connectivity index (χ4n) is 3.97. The average Bonchev–Trinajstić information content (AvgIpc) is 2.80. The van der Waals surface area contributed by atoms with Crippen LogP contribution in [0.5, 0.6) is 11.5 Å². The van der Waals surface area contributed by atoms with Gasteiger partial charge in [0, 0.05) is 29.5 Å². The third-order valence-electron chi connectivity index (χ3n) is 5.61. The first-order valence-corrected chi connectivity index (χ1v) is 10.1. The second kappa shape index (κ2) is 8.64. The Morgan fingerprint density at radius 2 is 1.61 bits per heavy atom. The molecule has 4 aromatic rings. The number of aromatic nitrogens is 1. The zero-order valence-corrected chi connectivity index (χ0v) is 17.8. The molecule has 0 unspecified atom stereocenters. The van der Waals surface area contributed by atoms with Crippen molar-refractivity contribution in [1.29, 1.82) is 0 Å². The number of ether oxygens (including phenoxy) is 2. The van der Waals surface area contributed by atoms with E-state index < -0.39 is 0 Å². The fraction of sp³-hybridized carbons (Fsp3) is 0.192. The van der Waals surface area contributed by atoms with Gasteiger partial charge in [-0.3, -0.25) is 4.79 Å². The second-order valence-corrected chi connectivity index (χ2v) is 7.51. The van der Waals surface area contributed by atoms with Crippen LogP contribution in [0, 0.1) is 12.7 Å².